The lowest BCUT2D eigenvalue weighted by molar-refractivity contribution is -0.284. The lowest BCUT2D eigenvalue weighted by atomic mass is 10.5. The Morgan fingerprint density at radius 1 is 1.60 bits per heavy atom. The lowest BCUT2D eigenvalue weighted by Crippen LogP contribution is -2.17. The molecule has 3 nitrogen and oxygen atoms in total. The summed E-state index contributed by atoms with van der Waals surface area (Å²) in [5.41, 5.74) is 2.11. The van der Waals surface area contributed by atoms with E-state index in [2.05, 4.69) is 21.8 Å². The first-order chi connectivity index (χ1) is 4.58. The standard InChI is InChI=1S/C4H3F3N2O/c5-4(6,7)10-3-1-2-8-9-3/h8H,1H2. The average molecular weight is 152 g/mol. The van der Waals surface area contributed by atoms with Crippen LogP contribution in [0.15, 0.2) is 5.10 Å². The van der Waals surface area contributed by atoms with Gasteiger partial charge in [-0.2, -0.15) is 0 Å². The zero-order valence-electron chi connectivity index (χ0n) is 4.70. The first-order valence-electron chi connectivity index (χ1n) is 2.38. The maximum Gasteiger partial charge on any atom is 0.574 e. The van der Waals surface area contributed by atoms with Gasteiger partial charge in [-0.25, -0.2) is 0 Å². The number of alkyl halides is 3. The maximum atomic E-state index is 11.3. The second-order valence-electron chi connectivity index (χ2n) is 1.52. The van der Waals surface area contributed by atoms with Crippen molar-refractivity contribution in [2.75, 3.05) is 0 Å². The number of hydrogen-bond acceptors (Lipinski definition) is 3. The zero-order chi connectivity index (χ0) is 7.61. The zero-order valence-corrected chi connectivity index (χ0v) is 4.70. The summed E-state index contributed by atoms with van der Waals surface area (Å²) in [5, 5.41) is 3.13. The van der Waals surface area contributed by atoms with E-state index in [1.165, 1.54) is 0 Å². The molecule has 1 aliphatic rings. The van der Waals surface area contributed by atoms with Crippen LogP contribution in [0.1, 0.15) is 6.42 Å². The second-order valence-corrected chi connectivity index (χ2v) is 1.52. The maximum absolute atomic E-state index is 11.3. The van der Waals surface area contributed by atoms with Crippen LogP contribution in [0.2, 0.25) is 0 Å². The summed E-state index contributed by atoms with van der Waals surface area (Å²) >= 11 is 0. The van der Waals surface area contributed by atoms with E-state index in [0.29, 0.717) is 0 Å². The van der Waals surface area contributed by atoms with Gasteiger partial charge < -0.3 is 4.74 Å². The molecule has 1 N–H and O–H groups in total. The van der Waals surface area contributed by atoms with E-state index >= 15 is 0 Å². The van der Waals surface area contributed by atoms with Crippen LogP contribution in [0, 0.1) is 6.54 Å². The molecule has 10 heavy (non-hydrogen) atoms. The number of nitrogens with zero attached hydrogens (tertiary/aromatic N) is 1. The number of ether oxygens (including phenoxy) is 1. The predicted octanol–water partition coefficient (Wildman–Crippen LogP) is 0.868. The molecule has 1 aliphatic heterocycles. The Morgan fingerprint density at radius 3 is 2.70 bits per heavy atom. The van der Waals surface area contributed by atoms with Crippen molar-refractivity contribution >= 4 is 5.90 Å². The Labute approximate surface area is 54.9 Å². The van der Waals surface area contributed by atoms with Gasteiger partial charge in [-0.1, -0.05) is 0 Å². The highest BCUT2D eigenvalue weighted by Crippen LogP contribution is 2.18. The highest BCUT2D eigenvalue weighted by molar-refractivity contribution is 5.78. The van der Waals surface area contributed by atoms with Crippen molar-refractivity contribution in [1.29, 1.82) is 0 Å². The van der Waals surface area contributed by atoms with Gasteiger partial charge in [0.15, 0.2) is 0 Å². The molecular formula is C4H3F3N2O. The largest absolute Gasteiger partial charge is 0.574 e. The minimum Gasteiger partial charge on any atom is -0.390 e. The van der Waals surface area contributed by atoms with Crippen LogP contribution in [0.4, 0.5) is 13.2 Å². The molecule has 0 aromatic heterocycles. The topological polar surface area (TPSA) is 33.6 Å². The van der Waals surface area contributed by atoms with Crippen LogP contribution < -0.4 is 5.43 Å². The van der Waals surface area contributed by atoms with Crippen molar-refractivity contribution in [3.63, 3.8) is 0 Å². The van der Waals surface area contributed by atoms with E-state index in [1.54, 1.807) is 0 Å². The van der Waals surface area contributed by atoms with E-state index in [9.17, 15) is 13.2 Å². The third-order valence-corrected chi connectivity index (χ3v) is 0.733. The molecule has 0 saturated carbocycles. The number of nitrogens with one attached hydrogen (secondary N) is 1. The minimum absolute atomic E-state index is 0.0560. The SMILES string of the molecule is FC(F)(F)OC1=NN[C]C1. The predicted molar refractivity (Wildman–Crippen MR) is 25.6 cm³/mol. The van der Waals surface area contributed by atoms with Crippen LogP contribution in [0.5, 0.6) is 0 Å². The first-order valence-corrected chi connectivity index (χ1v) is 2.38. The molecule has 0 fully saturated rings. The molecule has 0 aliphatic carbocycles. The fourth-order valence-corrected chi connectivity index (χ4v) is 0.449. The fraction of sp³-hybridized carbons (Fsp3) is 0.500. The number of halogens is 3. The molecule has 0 spiro atoms. The summed E-state index contributed by atoms with van der Waals surface area (Å²) in [6, 6.07) is 0. The van der Waals surface area contributed by atoms with Gasteiger partial charge in [-0.3, -0.25) is 5.43 Å². The number of rotatable bonds is 0. The van der Waals surface area contributed by atoms with E-state index in [1.807, 2.05) is 0 Å². The summed E-state index contributed by atoms with van der Waals surface area (Å²) in [6.45, 7) is 2.32. The van der Waals surface area contributed by atoms with Crippen LogP contribution in [-0.4, -0.2) is 12.3 Å². The Morgan fingerprint density at radius 2 is 2.30 bits per heavy atom. The van der Waals surface area contributed by atoms with E-state index in [-0.39, 0.29) is 6.42 Å². The van der Waals surface area contributed by atoms with Crippen molar-refractivity contribution in [2.45, 2.75) is 12.8 Å². The van der Waals surface area contributed by atoms with Gasteiger partial charge in [0.2, 0.25) is 5.90 Å². The summed E-state index contributed by atoms with van der Waals surface area (Å²) in [7, 11) is 0. The first kappa shape index (κ1) is 7.17. The second kappa shape index (κ2) is 2.36. The smallest absolute Gasteiger partial charge is 0.390 e. The molecular weight excluding hydrogens is 149 g/mol. The Bertz CT molecular complexity index is 153. The molecule has 0 atom stereocenters. The molecule has 56 valence electrons. The molecule has 6 heteroatoms. The third kappa shape index (κ3) is 2.12. The van der Waals surface area contributed by atoms with Gasteiger partial charge in [-0.15, -0.1) is 18.3 Å². The highest BCUT2D eigenvalue weighted by Gasteiger charge is 2.33. The molecule has 1 rings (SSSR count). The van der Waals surface area contributed by atoms with Crippen LogP contribution >= 0.6 is 0 Å². The lowest BCUT2D eigenvalue weighted by Gasteiger charge is -2.05. The van der Waals surface area contributed by atoms with Gasteiger partial charge in [-0.05, 0) is 0 Å². The average Bonchev–Trinajstić information content (AvgIpc) is 2.12. The molecule has 0 amide bonds. The summed E-state index contributed by atoms with van der Waals surface area (Å²) in [5.74, 6) is -0.410. The third-order valence-electron chi connectivity index (χ3n) is 0.733. The fourth-order valence-electron chi connectivity index (χ4n) is 0.449. The van der Waals surface area contributed by atoms with E-state index in [0.717, 1.165) is 0 Å². The molecule has 1 heterocycles. The van der Waals surface area contributed by atoms with Crippen LogP contribution in [0.3, 0.4) is 0 Å². The van der Waals surface area contributed by atoms with Crippen LogP contribution in [-0.2, 0) is 4.74 Å². The number of hydrogen-bond donors (Lipinski definition) is 1. The quantitative estimate of drug-likeness (QED) is 0.558. The Hall–Kier alpha value is -0.940. The van der Waals surface area contributed by atoms with Gasteiger partial charge in [0, 0.05) is 0 Å². The monoisotopic (exact) mass is 152 g/mol. The number of hydrazone groups is 1. The Balaban J connectivity index is 2.38. The van der Waals surface area contributed by atoms with E-state index in [4.69, 9.17) is 0 Å². The molecule has 0 aromatic rings. The molecule has 0 unspecified atom stereocenters. The highest BCUT2D eigenvalue weighted by atomic mass is 19.4. The van der Waals surface area contributed by atoms with Gasteiger partial charge >= 0.3 is 6.36 Å². The van der Waals surface area contributed by atoms with Crippen molar-refractivity contribution in [2.24, 2.45) is 5.10 Å². The van der Waals surface area contributed by atoms with Gasteiger partial charge in [0.25, 0.3) is 0 Å². The van der Waals surface area contributed by atoms with Gasteiger partial charge in [0.05, 0.1) is 6.42 Å². The summed E-state index contributed by atoms with van der Waals surface area (Å²) in [6.07, 6.45) is -4.70. The van der Waals surface area contributed by atoms with E-state index < -0.39 is 12.3 Å². The summed E-state index contributed by atoms with van der Waals surface area (Å²) < 4.78 is 37.5. The van der Waals surface area contributed by atoms with Crippen molar-refractivity contribution < 1.29 is 17.9 Å². The Kier molecular flexibility index (Phi) is 1.69. The molecule has 0 aromatic carbocycles. The van der Waals surface area contributed by atoms with Crippen LogP contribution in [0.25, 0.3) is 0 Å². The molecule has 0 saturated heterocycles. The summed E-state index contributed by atoms with van der Waals surface area (Å²) in [4.78, 5) is 0. The molecule has 2 radical (unpaired) electrons. The van der Waals surface area contributed by atoms with Crippen molar-refractivity contribution in [3.8, 4) is 0 Å². The van der Waals surface area contributed by atoms with Gasteiger partial charge in [0.1, 0.15) is 6.54 Å². The minimum atomic E-state index is -4.65. The van der Waals surface area contributed by atoms with Crippen molar-refractivity contribution in [1.82, 2.24) is 5.43 Å². The molecule has 0 bridgehead atoms. The van der Waals surface area contributed by atoms with Crippen molar-refractivity contribution in [3.05, 3.63) is 6.54 Å². The normalized spacial score (nSPS) is 18.1.